The van der Waals surface area contributed by atoms with Gasteiger partial charge in [-0.3, -0.25) is 4.79 Å². The molecule has 0 unspecified atom stereocenters. The van der Waals surface area contributed by atoms with Gasteiger partial charge < -0.3 is 5.11 Å². The van der Waals surface area contributed by atoms with Crippen LogP contribution in [0.1, 0.15) is 58.8 Å². The Balaban J connectivity index is 1.79. The first-order chi connectivity index (χ1) is 13.2. The number of rotatable bonds is 7. The molecule has 0 radical (unpaired) electrons. The van der Waals surface area contributed by atoms with Crippen LogP contribution in [-0.2, 0) is 16.9 Å². The summed E-state index contributed by atoms with van der Waals surface area (Å²) < 4.78 is 25.9. The van der Waals surface area contributed by atoms with Gasteiger partial charge in [-0.15, -0.1) is 11.8 Å². The maximum absolute atomic E-state index is 13.3. The third kappa shape index (κ3) is 3.59. The van der Waals surface area contributed by atoms with Crippen molar-refractivity contribution in [1.29, 1.82) is 0 Å². The molecule has 0 spiro atoms. The van der Waals surface area contributed by atoms with Crippen molar-refractivity contribution in [3.63, 3.8) is 0 Å². The van der Waals surface area contributed by atoms with Crippen LogP contribution in [0.25, 0.3) is 0 Å². The van der Waals surface area contributed by atoms with E-state index in [1.807, 2.05) is 0 Å². The van der Waals surface area contributed by atoms with Gasteiger partial charge in [0.1, 0.15) is 5.56 Å². The summed E-state index contributed by atoms with van der Waals surface area (Å²) in [6.45, 7) is 1.79. The summed E-state index contributed by atoms with van der Waals surface area (Å²) in [4.78, 5) is 14.3. The molecule has 0 atom stereocenters. The molecule has 150 valence electrons. The van der Waals surface area contributed by atoms with Crippen LogP contribution < -0.4 is 0 Å². The molecule has 1 N–H and O–H groups in total. The Morgan fingerprint density at radius 1 is 1.29 bits per heavy atom. The van der Waals surface area contributed by atoms with Crippen LogP contribution in [0.5, 0.6) is 5.88 Å². The van der Waals surface area contributed by atoms with E-state index in [1.54, 1.807) is 20.0 Å². The Morgan fingerprint density at radius 2 is 1.96 bits per heavy atom. The molecule has 0 amide bonds. The van der Waals surface area contributed by atoms with Gasteiger partial charge in [-0.1, -0.05) is 0 Å². The quantitative estimate of drug-likeness (QED) is 0.545. The van der Waals surface area contributed by atoms with Crippen molar-refractivity contribution in [2.45, 2.75) is 48.3 Å². The van der Waals surface area contributed by atoms with Gasteiger partial charge in [0.25, 0.3) is 0 Å². The maximum Gasteiger partial charge on any atom is 0.220 e. The molecule has 4 rings (SSSR count). The number of nitrogens with zero attached hydrogens (tertiary/aromatic N) is 2. The first kappa shape index (κ1) is 19.5. The molecule has 2 aliphatic rings. The van der Waals surface area contributed by atoms with Crippen molar-refractivity contribution in [3.05, 3.63) is 34.5 Å². The maximum atomic E-state index is 13.3. The monoisotopic (exact) mass is 420 g/mol. The fourth-order valence-corrected chi connectivity index (χ4v) is 6.11. The van der Waals surface area contributed by atoms with Crippen LogP contribution in [0, 0.1) is 12.8 Å². The predicted molar refractivity (Wildman–Crippen MR) is 108 cm³/mol. The molecule has 1 aromatic carbocycles. The molecular weight excluding hydrogens is 396 g/mol. The minimum Gasteiger partial charge on any atom is -0.493 e. The van der Waals surface area contributed by atoms with Gasteiger partial charge in [-0.2, -0.15) is 5.10 Å². The molecule has 2 saturated carbocycles. The van der Waals surface area contributed by atoms with Gasteiger partial charge in [-0.25, -0.2) is 13.1 Å². The Bertz CT molecular complexity index is 1060. The van der Waals surface area contributed by atoms with Crippen molar-refractivity contribution >= 4 is 27.4 Å². The molecule has 2 fully saturated rings. The first-order valence-corrected chi connectivity index (χ1v) is 12.3. The number of aromatic nitrogens is 2. The second-order valence-electron chi connectivity index (χ2n) is 7.90. The number of benzene rings is 1. The zero-order valence-electron chi connectivity index (χ0n) is 16.2. The lowest BCUT2D eigenvalue weighted by Gasteiger charge is -2.15. The van der Waals surface area contributed by atoms with E-state index in [0.29, 0.717) is 27.6 Å². The Hall–Kier alpha value is -1.80. The lowest BCUT2D eigenvalue weighted by molar-refractivity contribution is 0.103. The number of carbonyl (C=O) groups excluding carboxylic acids is 1. The van der Waals surface area contributed by atoms with Crippen LogP contribution in [0.15, 0.2) is 21.9 Å². The predicted octanol–water partition coefficient (Wildman–Crippen LogP) is 3.45. The molecule has 2 aliphatic carbocycles. The number of thioether (sulfide) groups is 1. The Kier molecular flexibility index (Phi) is 4.82. The highest BCUT2D eigenvalue weighted by atomic mass is 32.2. The molecule has 0 aliphatic heterocycles. The minimum atomic E-state index is -3.40. The normalized spacial score (nSPS) is 17.1. The second-order valence-corrected chi connectivity index (χ2v) is 10.9. The zero-order chi connectivity index (χ0) is 20.2. The summed E-state index contributed by atoms with van der Waals surface area (Å²) in [5.74, 6) is 1.27. The molecule has 8 heteroatoms. The third-order valence-electron chi connectivity index (χ3n) is 5.41. The van der Waals surface area contributed by atoms with Crippen molar-refractivity contribution < 1.29 is 18.3 Å². The highest BCUT2D eigenvalue weighted by Crippen LogP contribution is 2.44. The standard InChI is InChI=1S/C20H24N2O4S2/c1-11-14(18(23)16-17(13-6-7-13)21-22(2)20(16)24)8-9-15(28(3,25)26)19(11)27-10-12-4-5-12/h8-9,12-13,24H,4-7,10H2,1-3H3. The summed E-state index contributed by atoms with van der Waals surface area (Å²) in [5, 5.41) is 14.8. The number of hydrogen-bond donors (Lipinski definition) is 1. The molecule has 6 nitrogen and oxygen atoms in total. The third-order valence-corrected chi connectivity index (χ3v) is 8.13. The van der Waals surface area contributed by atoms with Crippen molar-refractivity contribution in [2.24, 2.45) is 13.0 Å². The smallest absolute Gasteiger partial charge is 0.220 e. The summed E-state index contributed by atoms with van der Waals surface area (Å²) in [5.41, 5.74) is 1.97. The Morgan fingerprint density at radius 3 is 2.54 bits per heavy atom. The highest BCUT2D eigenvalue weighted by molar-refractivity contribution is 8.00. The van der Waals surface area contributed by atoms with Gasteiger partial charge in [0.2, 0.25) is 11.7 Å². The lowest BCUT2D eigenvalue weighted by Crippen LogP contribution is -2.10. The van der Waals surface area contributed by atoms with Gasteiger partial charge >= 0.3 is 0 Å². The van der Waals surface area contributed by atoms with Crippen LogP contribution in [0.2, 0.25) is 0 Å². The minimum absolute atomic E-state index is 0.134. The molecule has 0 saturated heterocycles. The number of aromatic hydroxyl groups is 1. The zero-order valence-corrected chi connectivity index (χ0v) is 17.9. The van der Waals surface area contributed by atoms with E-state index in [9.17, 15) is 18.3 Å². The molecule has 2 aromatic rings. The summed E-state index contributed by atoms with van der Waals surface area (Å²) in [6.07, 6.45) is 5.47. The van der Waals surface area contributed by atoms with Crippen LogP contribution in [-0.4, -0.2) is 41.1 Å². The average molecular weight is 421 g/mol. The van der Waals surface area contributed by atoms with E-state index >= 15 is 0 Å². The van der Waals surface area contributed by atoms with E-state index < -0.39 is 9.84 Å². The van der Waals surface area contributed by atoms with Crippen molar-refractivity contribution in [1.82, 2.24) is 9.78 Å². The molecule has 1 aromatic heterocycles. The molecule has 28 heavy (non-hydrogen) atoms. The van der Waals surface area contributed by atoms with Crippen LogP contribution in [0.3, 0.4) is 0 Å². The first-order valence-electron chi connectivity index (χ1n) is 9.45. The van der Waals surface area contributed by atoms with Crippen molar-refractivity contribution in [3.8, 4) is 5.88 Å². The average Bonchev–Trinajstić information content (AvgIpc) is 3.52. The van der Waals surface area contributed by atoms with Gasteiger partial charge in [0.05, 0.1) is 10.6 Å². The van der Waals surface area contributed by atoms with Gasteiger partial charge in [-0.05, 0) is 56.2 Å². The SMILES string of the molecule is Cc1c(C(=O)c2c(C3CC3)nn(C)c2O)ccc(S(C)(=O)=O)c1SCC1CC1. The fourth-order valence-electron chi connectivity index (χ4n) is 3.40. The molecule has 1 heterocycles. The largest absolute Gasteiger partial charge is 0.493 e. The molecule has 0 bridgehead atoms. The topological polar surface area (TPSA) is 89.3 Å². The van der Waals surface area contributed by atoms with Crippen LogP contribution in [0.4, 0.5) is 0 Å². The second kappa shape index (κ2) is 6.91. The van der Waals surface area contributed by atoms with Crippen LogP contribution >= 0.6 is 11.8 Å². The van der Waals surface area contributed by atoms with E-state index in [4.69, 9.17) is 0 Å². The highest BCUT2D eigenvalue weighted by Gasteiger charge is 2.35. The lowest BCUT2D eigenvalue weighted by atomic mass is 9.98. The van der Waals surface area contributed by atoms with E-state index in [1.165, 1.54) is 41.6 Å². The summed E-state index contributed by atoms with van der Waals surface area (Å²) in [7, 11) is -1.78. The summed E-state index contributed by atoms with van der Waals surface area (Å²) in [6, 6.07) is 3.09. The number of sulfone groups is 1. The van der Waals surface area contributed by atoms with E-state index in [-0.39, 0.29) is 28.0 Å². The number of carbonyl (C=O) groups is 1. The molecular formula is C20H24N2O4S2. The van der Waals surface area contributed by atoms with E-state index in [2.05, 4.69) is 5.10 Å². The Labute approximate surface area is 169 Å². The fraction of sp³-hybridized carbons (Fsp3) is 0.500. The number of aryl methyl sites for hydroxylation is 1. The van der Waals surface area contributed by atoms with Gasteiger partial charge in [0, 0.05) is 35.4 Å². The van der Waals surface area contributed by atoms with Crippen molar-refractivity contribution in [2.75, 3.05) is 12.0 Å². The number of ketones is 1. The van der Waals surface area contributed by atoms with E-state index in [0.717, 1.165) is 18.6 Å². The summed E-state index contributed by atoms with van der Waals surface area (Å²) >= 11 is 1.52. The van der Waals surface area contributed by atoms with Gasteiger partial charge in [0.15, 0.2) is 9.84 Å². The number of hydrogen-bond acceptors (Lipinski definition) is 6.